The maximum Gasteiger partial charge on any atom is 0.239 e. The van der Waals surface area contributed by atoms with Crippen LogP contribution in [0.3, 0.4) is 0 Å². The highest BCUT2D eigenvalue weighted by Crippen LogP contribution is 2.19. The molecule has 0 bridgehead atoms. The maximum atomic E-state index is 11.7. The Kier molecular flexibility index (Phi) is 4.16. The van der Waals surface area contributed by atoms with Crippen molar-refractivity contribution in [2.45, 2.75) is 19.5 Å². The van der Waals surface area contributed by atoms with Crippen molar-refractivity contribution >= 4 is 16.8 Å². The number of nitrogens with zero attached hydrogens (tertiary/aromatic N) is 2. The molecule has 5 nitrogen and oxygen atoms in total. The SMILES string of the molecule is N#CCCNC(=O)Cn1ccc2c(CN)cccc21. The zero-order chi connectivity index (χ0) is 13.7. The molecule has 0 radical (unpaired) electrons. The molecule has 5 heteroatoms. The lowest BCUT2D eigenvalue weighted by atomic mass is 10.1. The minimum atomic E-state index is -0.0918. The molecular formula is C14H16N4O. The molecule has 0 saturated carbocycles. The van der Waals surface area contributed by atoms with Crippen LogP contribution >= 0.6 is 0 Å². The van der Waals surface area contributed by atoms with E-state index >= 15 is 0 Å². The Bertz CT molecular complexity index is 624. The standard InChI is InChI=1S/C14H16N4O/c15-6-2-7-17-14(19)10-18-8-5-12-11(9-16)3-1-4-13(12)18/h1,3-5,8H,2,7,9-10,16H2,(H,17,19). The van der Waals surface area contributed by atoms with Crippen LogP contribution in [0.2, 0.25) is 0 Å². The third kappa shape index (κ3) is 2.92. The zero-order valence-corrected chi connectivity index (χ0v) is 10.6. The smallest absolute Gasteiger partial charge is 0.239 e. The van der Waals surface area contributed by atoms with Gasteiger partial charge in [-0.05, 0) is 17.7 Å². The molecule has 0 atom stereocenters. The van der Waals surface area contributed by atoms with Gasteiger partial charge < -0.3 is 15.6 Å². The summed E-state index contributed by atoms with van der Waals surface area (Å²) in [6.07, 6.45) is 2.21. The summed E-state index contributed by atoms with van der Waals surface area (Å²) in [7, 11) is 0. The fraction of sp³-hybridized carbons (Fsp3) is 0.286. The number of nitriles is 1. The number of rotatable bonds is 5. The van der Waals surface area contributed by atoms with Crippen molar-refractivity contribution in [2.75, 3.05) is 6.54 Å². The van der Waals surface area contributed by atoms with E-state index in [0.29, 0.717) is 19.5 Å². The molecule has 0 spiro atoms. The second kappa shape index (κ2) is 6.03. The fourth-order valence-corrected chi connectivity index (χ4v) is 2.07. The Morgan fingerprint density at radius 3 is 3.00 bits per heavy atom. The van der Waals surface area contributed by atoms with Crippen LogP contribution in [-0.2, 0) is 17.9 Å². The van der Waals surface area contributed by atoms with Gasteiger partial charge in [0.15, 0.2) is 0 Å². The van der Waals surface area contributed by atoms with E-state index in [4.69, 9.17) is 11.0 Å². The minimum Gasteiger partial charge on any atom is -0.354 e. The number of fused-ring (bicyclic) bond motifs is 1. The van der Waals surface area contributed by atoms with Gasteiger partial charge in [-0.25, -0.2) is 0 Å². The van der Waals surface area contributed by atoms with E-state index in [0.717, 1.165) is 16.5 Å². The number of nitrogens with one attached hydrogen (secondary N) is 1. The van der Waals surface area contributed by atoms with Crippen LogP contribution in [0.15, 0.2) is 30.5 Å². The molecule has 1 amide bonds. The lowest BCUT2D eigenvalue weighted by Crippen LogP contribution is -2.27. The molecule has 0 aliphatic heterocycles. The number of carbonyl (C=O) groups excluding carboxylic acids is 1. The van der Waals surface area contributed by atoms with Crippen molar-refractivity contribution in [2.24, 2.45) is 5.73 Å². The Morgan fingerprint density at radius 1 is 1.42 bits per heavy atom. The molecule has 98 valence electrons. The van der Waals surface area contributed by atoms with Gasteiger partial charge in [0.05, 0.1) is 12.5 Å². The molecular weight excluding hydrogens is 240 g/mol. The molecule has 3 N–H and O–H groups in total. The largest absolute Gasteiger partial charge is 0.354 e. The van der Waals surface area contributed by atoms with Crippen molar-refractivity contribution in [1.82, 2.24) is 9.88 Å². The number of hydrogen-bond acceptors (Lipinski definition) is 3. The number of amides is 1. The number of carbonyl (C=O) groups is 1. The highest BCUT2D eigenvalue weighted by atomic mass is 16.1. The Labute approximate surface area is 111 Å². The Morgan fingerprint density at radius 2 is 2.26 bits per heavy atom. The van der Waals surface area contributed by atoms with E-state index in [1.807, 2.05) is 41.1 Å². The first-order chi connectivity index (χ1) is 9.26. The summed E-state index contributed by atoms with van der Waals surface area (Å²) in [6, 6.07) is 9.86. The van der Waals surface area contributed by atoms with Gasteiger partial charge >= 0.3 is 0 Å². The van der Waals surface area contributed by atoms with Crippen LogP contribution in [-0.4, -0.2) is 17.0 Å². The van der Waals surface area contributed by atoms with E-state index in [1.54, 1.807) is 0 Å². The molecule has 0 fully saturated rings. The van der Waals surface area contributed by atoms with Crippen molar-refractivity contribution in [3.05, 3.63) is 36.0 Å². The van der Waals surface area contributed by atoms with Crippen molar-refractivity contribution in [1.29, 1.82) is 5.26 Å². The number of benzene rings is 1. The first-order valence-corrected chi connectivity index (χ1v) is 6.16. The summed E-state index contributed by atoms with van der Waals surface area (Å²) in [5, 5.41) is 12.2. The van der Waals surface area contributed by atoms with Crippen LogP contribution < -0.4 is 11.1 Å². The normalized spacial score (nSPS) is 10.3. The van der Waals surface area contributed by atoms with Gasteiger partial charge in [0, 0.05) is 30.2 Å². The van der Waals surface area contributed by atoms with Crippen molar-refractivity contribution in [3.8, 4) is 6.07 Å². The molecule has 1 aromatic carbocycles. The van der Waals surface area contributed by atoms with Gasteiger partial charge in [0.2, 0.25) is 5.91 Å². The molecule has 1 heterocycles. The molecule has 0 saturated heterocycles. The molecule has 2 aromatic rings. The minimum absolute atomic E-state index is 0.0918. The predicted octanol–water partition coefficient (Wildman–Crippen LogP) is 1.13. The number of hydrogen-bond donors (Lipinski definition) is 2. The molecule has 0 unspecified atom stereocenters. The van der Waals surface area contributed by atoms with Gasteiger partial charge in [-0.2, -0.15) is 5.26 Å². The lowest BCUT2D eigenvalue weighted by molar-refractivity contribution is -0.121. The van der Waals surface area contributed by atoms with Crippen LogP contribution in [0.5, 0.6) is 0 Å². The first-order valence-electron chi connectivity index (χ1n) is 6.16. The first kappa shape index (κ1) is 13.1. The van der Waals surface area contributed by atoms with E-state index < -0.39 is 0 Å². The maximum absolute atomic E-state index is 11.7. The van der Waals surface area contributed by atoms with Gasteiger partial charge in [-0.3, -0.25) is 4.79 Å². The zero-order valence-electron chi connectivity index (χ0n) is 10.6. The lowest BCUT2D eigenvalue weighted by Gasteiger charge is -2.07. The molecule has 2 rings (SSSR count). The summed E-state index contributed by atoms with van der Waals surface area (Å²) in [4.78, 5) is 11.7. The second-order valence-electron chi connectivity index (χ2n) is 4.26. The summed E-state index contributed by atoms with van der Waals surface area (Å²) in [6.45, 7) is 1.13. The Hall–Kier alpha value is -2.32. The van der Waals surface area contributed by atoms with E-state index in [2.05, 4.69) is 5.32 Å². The molecule has 1 aromatic heterocycles. The summed E-state index contributed by atoms with van der Waals surface area (Å²) < 4.78 is 1.89. The van der Waals surface area contributed by atoms with E-state index in [1.165, 1.54) is 0 Å². The van der Waals surface area contributed by atoms with Crippen LogP contribution in [0.1, 0.15) is 12.0 Å². The number of nitrogens with two attached hydrogens (primary N) is 1. The van der Waals surface area contributed by atoms with Crippen LogP contribution in [0, 0.1) is 11.3 Å². The highest BCUT2D eigenvalue weighted by molar-refractivity contribution is 5.85. The summed E-state index contributed by atoms with van der Waals surface area (Å²) >= 11 is 0. The van der Waals surface area contributed by atoms with Crippen LogP contribution in [0.25, 0.3) is 10.9 Å². The van der Waals surface area contributed by atoms with Gasteiger partial charge in [0.25, 0.3) is 0 Å². The molecule has 0 aliphatic carbocycles. The fourth-order valence-electron chi connectivity index (χ4n) is 2.07. The van der Waals surface area contributed by atoms with Crippen molar-refractivity contribution in [3.63, 3.8) is 0 Å². The van der Waals surface area contributed by atoms with E-state index in [9.17, 15) is 4.79 Å². The molecule has 0 aliphatic rings. The monoisotopic (exact) mass is 256 g/mol. The Balaban J connectivity index is 2.14. The third-order valence-electron chi connectivity index (χ3n) is 3.00. The van der Waals surface area contributed by atoms with Gasteiger partial charge in [-0.15, -0.1) is 0 Å². The summed E-state index contributed by atoms with van der Waals surface area (Å²) in [5.74, 6) is -0.0918. The van der Waals surface area contributed by atoms with Crippen LogP contribution in [0.4, 0.5) is 0 Å². The van der Waals surface area contributed by atoms with Gasteiger partial charge in [0.1, 0.15) is 6.54 Å². The number of aromatic nitrogens is 1. The molecule has 19 heavy (non-hydrogen) atoms. The van der Waals surface area contributed by atoms with Gasteiger partial charge in [-0.1, -0.05) is 12.1 Å². The summed E-state index contributed by atoms with van der Waals surface area (Å²) in [5.41, 5.74) is 7.76. The van der Waals surface area contributed by atoms with Crippen molar-refractivity contribution < 1.29 is 4.79 Å². The average molecular weight is 256 g/mol. The predicted molar refractivity (Wildman–Crippen MR) is 73.1 cm³/mol. The third-order valence-corrected chi connectivity index (χ3v) is 3.00. The second-order valence-corrected chi connectivity index (χ2v) is 4.26. The van der Waals surface area contributed by atoms with E-state index in [-0.39, 0.29) is 12.5 Å². The highest BCUT2D eigenvalue weighted by Gasteiger charge is 2.07. The topological polar surface area (TPSA) is 83.8 Å². The average Bonchev–Trinajstić information content (AvgIpc) is 2.82. The quantitative estimate of drug-likeness (QED) is 0.786.